The van der Waals surface area contributed by atoms with Gasteiger partial charge in [-0.15, -0.1) is 0 Å². The summed E-state index contributed by atoms with van der Waals surface area (Å²) in [6.07, 6.45) is 9.66. The first-order valence-corrected chi connectivity index (χ1v) is 11.8. The Bertz CT molecular complexity index is 774. The summed E-state index contributed by atoms with van der Waals surface area (Å²) in [4.78, 5) is 14.0. The van der Waals surface area contributed by atoms with Gasteiger partial charge in [-0.25, -0.2) is 9.79 Å². The standard InChI is InChI=1S/C23H32N4O2S/c28-23(25-29)21-9-13-27(14-10-21)30-22-7-5-20(6-8-22)19-3-1-18(2-4-19)17-26-15-11-24-12-16-26/h1-5,7,9,20,22,24,29H,6,8,10-17H2,(H,25,28). The van der Waals surface area contributed by atoms with Crippen LogP contribution in [-0.2, 0) is 11.3 Å². The summed E-state index contributed by atoms with van der Waals surface area (Å²) < 4.78 is 2.31. The molecule has 4 rings (SSSR count). The minimum Gasteiger partial charge on any atom is -0.314 e. The van der Waals surface area contributed by atoms with Gasteiger partial charge < -0.3 is 5.32 Å². The number of amides is 1. The zero-order chi connectivity index (χ0) is 20.8. The van der Waals surface area contributed by atoms with Crippen LogP contribution in [0, 0.1) is 0 Å². The van der Waals surface area contributed by atoms with Crippen LogP contribution < -0.4 is 10.8 Å². The molecule has 1 aliphatic carbocycles. The molecule has 162 valence electrons. The predicted molar refractivity (Wildman–Crippen MR) is 121 cm³/mol. The fourth-order valence-electron chi connectivity index (χ4n) is 4.37. The first kappa shape index (κ1) is 21.6. The van der Waals surface area contributed by atoms with Crippen molar-refractivity contribution in [3.63, 3.8) is 0 Å². The van der Waals surface area contributed by atoms with E-state index < -0.39 is 0 Å². The SMILES string of the molecule is O=C(NO)C1=CCN(SC2C=CC(c3ccc(CN4CCNCC4)cc3)CC2)CC1. The van der Waals surface area contributed by atoms with Crippen molar-refractivity contribution < 1.29 is 10.0 Å². The van der Waals surface area contributed by atoms with Gasteiger partial charge in [0.05, 0.1) is 0 Å². The van der Waals surface area contributed by atoms with Crippen LogP contribution >= 0.6 is 11.9 Å². The van der Waals surface area contributed by atoms with Crippen molar-refractivity contribution in [3.05, 3.63) is 59.2 Å². The lowest BCUT2D eigenvalue weighted by molar-refractivity contribution is -0.125. The highest BCUT2D eigenvalue weighted by molar-refractivity contribution is 7.97. The summed E-state index contributed by atoms with van der Waals surface area (Å²) in [6.45, 7) is 7.09. The van der Waals surface area contributed by atoms with Crippen molar-refractivity contribution in [3.8, 4) is 0 Å². The second-order valence-corrected chi connectivity index (χ2v) is 9.62. The average Bonchev–Trinajstić information content (AvgIpc) is 2.81. The average molecular weight is 429 g/mol. The molecule has 30 heavy (non-hydrogen) atoms. The molecular weight excluding hydrogens is 396 g/mol. The largest absolute Gasteiger partial charge is 0.314 e. The molecule has 3 aliphatic rings. The first-order chi connectivity index (χ1) is 14.7. The van der Waals surface area contributed by atoms with E-state index in [9.17, 15) is 4.79 Å². The van der Waals surface area contributed by atoms with Crippen LogP contribution in [0.25, 0.3) is 0 Å². The molecule has 1 fully saturated rings. The molecule has 0 radical (unpaired) electrons. The Morgan fingerprint density at radius 2 is 1.93 bits per heavy atom. The number of hydrogen-bond acceptors (Lipinski definition) is 6. The van der Waals surface area contributed by atoms with E-state index in [-0.39, 0.29) is 5.91 Å². The summed E-state index contributed by atoms with van der Waals surface area (Å²) in [6, 6.07) is 9.21. The number of benzene rings is 1. The lowest BCUT2D eigenvalue weighted by Crippen LogP contribution is -2.42. The summed E-state index contributed by atoms with van der Waals surface area (Å²) in [5, 5.41) is 12.7. The van der Waals surface area contributed by atoms with Gasteiger partial charge in [0.2, 0.25) is 0 Å². The number of carbonyl (C=O) groups is 1. The molecule has 0 spiro atoms. The summed E-state index contributed by atoms with van der Waals surface area (Å²) >= 11 is 1.88. The van der Waals surface area contributed by atoms with E-state index in [4.69, 9.17) is 5.21 Å². The Hall–Kier alpha value is -1.64. The Labute approximate surface area is 183 Å². The highest BCUT2D eigenvalue weighted by Crippen LogP contribution is 2.34. The van der Waals surface area contributed by atoms with Gasteiger partial charge in [-0.1, -0.05) is 54.4 Å². The molecule has 2 atom stereocenters. The minimum absolute atomic E-state index is 0.376. The van der Waals surface area contributed by atoms with Crippen LogP contribution in [0.3, 0.4) is 0 Å². The number of hydroxylamine groups is 1. The second kappa shape index (κ2) is 10.6. The number of hydrogen-bond donors (Lipinski definition) is 3. The maximum atomic E-state index is 11.5. The number of piperazine rings is 1. The third-order valence-corrected chi connectivity index (χ3v) is 7.49. The van der Waals surface area contributed by atoms with Crippen LogP contribution in [-0.4, -0.2) is 64.8 Å². The zero-order valence-electron chi connectivity index (χ0n) is 17.4. The van der Waals surface area contributed by atoms with Gasteiger partial charge in [0.15, 0.2) is 0 Å². The van der Waals surface area contributed by atoms with E-state index in [0.717, 1.165) is 45.8 Å². The normalized spacial score (nSPS) is 25.7. The van der Waals surface area contributed by atoms with Gasteiger partial charge >= 0.3 is 0 Å². The van der Waals surface area contributed by atoms with E-state index in [0.29, 0.717) is 23.2 Å². The van der Waals surface area contributed by atoms with Gasteiger partial charge in [-0.05, 0) is 30.4 Å². The van der Waals surface area contributed by atoms with E-state index >= 15 is 0 Å². The van der Waals surface area contributed by atoms with Crippen molar-refractivity contribution in [1.29, 1.82) is 0 Å². The quantitative estimate of drug-likeness (QED) is 0.280. The molecule has 1 aromatic rings. The van der Waals surface area contributed by atoms with Crippen molar-refractivity contribution in [1.82, 2.24) is 20.0 Å². The van der Waals surface area contributed by atoms with Gasteiger partial charge in [-0.2, -0.15) is 0 Å². The molecule has 1 amide bonds. The molecule has 2 heterocycles. The van der Waals surface area contributed by atoms with Crippen molar-refractivity contribution in [2.75, 3.05) is 39.3 Å². The fraction of sp³-hybridized carbons (Fsp3) is 0.522. The van der Waals surface area contributed by atoms with Crippen molar-refractivity contribution in [2.45, 2.75) is 37.0 Å². The molecule has 0 aromatic heterocycles. The third-order valence-electron chi connectivity index (χ3n) is 6.19. The molecule has 6 nitrogen and oxygen atoms in total. The van der Waals surface area contributed by atoms with Gasteiger partial charge in [-0.3, -0.25) is 14.9 Å². The molecule has 7 heteroatoms. The van der Waals surface area contributed by atoms with E-state index in [1.54, 1.807) is 5.48 Å². The third kappa shape index (κ3) is 5.74. The summed E-state index contributed by atoms with van der Waals surface area (Å²) in [7, 11) is 0. The number of allylic oxidation sites excluding steroid dienone is 1. The van der Waals surface area contributed by atoms with Gasteiger partial charge in [0, 0.05) is 62.6 Å². The monoisotopic (exact) mass is 428 g/mol. The maximum Gasteiger partial charge on any atom is 0.270 e. The van der Waals surface area contributed by atoms with Crippen LogP contribution in [0.15, 0.2) is 48.1 Å². The molecule has 0 saturated carbocycles. The Morgan fingerprint density at radius 1 is 1.13 bits per heavy atom. The van der Waals surface area contributed by atoms with E-state index in [1.807, 2.05) is 18.0 Å². The minimum atomic E-state index is -0.376. The van der Waals surface area contributed by atoms with Crippen molar-refractivity contribution >= 4 is 17.9 Å². The second-order valence-electron chi connectivity index (χ2n) is 8.29. The zero-order valence-corrected chi connectivity index (χ0v) is 18.2. The molecule has 2 aliphatic heterocycles. The smallest absolute Gasteiger partial charge is 0.270 e. The van der Waals surface area contributed by atoms with Crippen molar-refractivity contribution in [2.24, 2.45) is 0 Å². The van der Waals surface area contributed by atoms with Crippen LogP contribution in [0.1, 0.15) is 36.3 Å². The number of rotatable bonds is 6. The van der Waals surface area contributed by atoms with Gasteiger partial charge in [0.25, 0.3) is 5.91 Å². The Morgan fingerprint density at radius 3 is 2.57 bits per heavy atom. The lowest BCUT2D eigenvalue weighted by atomic mass is 9.89. The lowest BCUT2D eigenvalue weighted by Gasteiger charge is -2.30. The van der Waals surface area contributed by atoms with E-state index in [1.165, 1.54) is 24.0 Å². The summed E-state index contributed by atoms with van der Waals surface area (Å²) in [5.41, 5.74) is 5.22. The summed E-state index contributed by atoms with van der Waals surface area (Å²) in [5.74, 6) is 0.134. The molecule has 1 saturated heterocycles. The topological polar surface area (TPSA) is 67.8 Å². The molecule has 2 unspecified atom stereocenters. The number of carbonyl (C=O) groups excluding carboxylic acids is 1. The molecular formula is C23H32N4O2S. The Kier molecular flexibility index (Phi) is 7.62. The number of nitrogens with zero attached hydrogens (tertiary/aromatic N) is 2. The van der Waals surface area contributed by atoms with E-state index in [2.05, 4.69) is 50.9 Å². The van der Waals surface area contributed by atoms with Gasteiger partial charge in [0.1, 0.15) is 0 Å². The predicted octanol–water partition coefficient (Wildman–Crippen LogP) is 2.68. The van der Waals surface area contributed by atoms with Crippen LogP contribution in [0.4, 0.5) is 0 Å². The van der Waals surface area contributed by atoms with Crippen LogP contribution in [0.5, 0.6) is 0 Å². The highest BCUT2D eigenvalue weighted by Gasteiger charge is 2.23. The molecule has 3 N–H and O–H groups in total. The first-order valence-electron chi connectivity index (χ1n) is 11.0. The highest BCUT2D eigenvalue weighted by atomic mass is 32.2. The molecule has 1 aromatic carbocycles. The molecule has 0 bridgehead atoms. The fourth-order valence-corrected chi connectivity index (χ4v) is 5.52. The maximum absolute atomic E-state index is 11.5. The van der Waals surface area contributed by atoms with Crippen LogP contribution in [0.2, 0.25) is 0 Å². The Balaban J connectivity index is 1.25. The number of nitrogens with one attached hydrogen (secondary N) is 2.